The number of amides is 1. The van der Waals surface area contributed by atoms with E-state index in [1.807, 2.05) is 37.3 Å². The number of pyridine rings is 1. The summed E-state index contributed by atoms with van der Waals surface area (Å²) in [7, 11) is 1.45. The van der Waals surface area contributed by atoms with Crippen molar-refractivity contribution in [1.29, 1.82) is 5.26 Å². The molecule has 0 aliphatic carbocycles. The van der Waals surface area contributed by atoms with Gasteiger partial charge in [-0.2, -0.15) is 10.4 Å². The van der Waals surface area contributed by atoms with Gasteiger partial charge in [0, 0.05) is 39.4 Å². The van der Waals surface area contributed by atoms with Crippen LogP contribution < -0.4 is 11.0 Å². The molecule has 0 unspecified atom stereocenters. The highest BCUT2D eigenvalue weighted by Gasteiger charge is 2.20. The normalized spacial score (nSPS) is 10.9. The summed E-state index contributed by atoms with van der Waals surface area (Å²) < 4.78 is 6.73. The van der Waals surface area contributed by atoms with Gasteiger partial charge in [-0.25, -0.2) is 5.43 Å². The van der Waals surface area contributed by atoms with Gasteiger partial charge < -0.3 is 9.30 Å². The lowest BCUT2D eigenvalue weighted by Gasteiger charge is -2.15. The fourth-order valence-electron chi connectivity index (χ4n) is 3.38. The maximum absolute atomic E-state index is 12.8. The summed E-state index contributed by atoms with van der Waals surface area (Å²) in [6.07, 6.45) is 1.28. The molecule has 0 aliphatic heterocycles. The summed E-state index contributed by atoms with van der Waals surface area (Å²) in [5.41, 5.74) is 3.85. The van der Waals surface area contributed by atoms with Crippen LogP contribution in [0.25, 0.3) is 0 Å². The molecule has 0 spiro atoms. The molecule has 1 aromatic heterocycles. The molecule has 0 fully saturated rings. The number of nitrogens with one attached hydrogen (secondary N) is 1. The Balaban J connectivity index is 1.75. The fourth-order valence-corrected chi connectivity index (χ4v) is 4.81. The van der Waals surface area contributed by atoms with E-state index in [1.54, 1.807) is 19.1 Å². The minimum absolute atomic E-state index is 0.0609. The number of aryl methyl sites for hydroxylation is 1. The lowest BCUT2D eigenvalue weighted by Crippen LogP contribution is -2.33. The van der Waals surface area contributed by atoms with Gasteiger partial charge in [-0.15, -0.1) is 0 Å². The Labute approximate surface area is 225 Å². The van der Waals surface area contributed by atoms with Crippen molar-refractivity contribution in [2.24, 2.45) is 5.10 Å². The summed E-state index contributed by atoms with van der Waals surface area (Å²) in [4.78, 5) is 37.7. The van der Waals surface area contributed by atoms with Crippen molar-refractivity contribution >= 4 is 45.5 Å². The highest BCUT2D eigenvalue weighted by Crippen LogP contribution is 2.35. The molecule has 10 nitrogen and oxygen atoms in total. The van der Waals surface area contributed by atoms with Crippen LogP contribution in [-0.4, -0.2) is 28.7 Å². The maximum atomic E-state index is 12.8. The zero-order valence-corrected chi connectivity index (χ0v) is 22.6. The summed E-state index contributed by atoms with van der Waals surface area (Å²) in [6.45, 7) is 3.28. The number of hydrogen-bond acceptors (Lipinski definition) is 8. The van der Waals surface area contributed by atoms with E-state index in [-0.39, 0.29) is 24.4 Å². The van der Waals surface area contributed by atoms with Gasteiger partial charge in [0.25, 0.3) is 17.2 Å². The third-order valence-electron chi connectivity index (χ3n) is 5.28. The zero-order chi connectivity index (χ0) is 27.1. The Hall–Kier alpha value is -3.79. The minimum Gasteiger partial charge on any atom is -0.380 e. The first-order chi connectivity index (χ1) is 17.7. The van der Waals surface area contributed by atoms with Crippen LogP contribution >= 0.6 is 27.7 Å². The first kappa shape index (κ1) is 27.8. The number of carbonyl (C=O) groups excluding carboxylic acids is 1. The Bertz CT molecular complexity index is 1480. The number of carbonyl (C=O) groups is 1. The van der Waals surface area contributed by atoms with Gasteiger partial charge in [0.1, 0.15) is 18.2 Å². The second-order valence-electron chi connectivity index (χ2n) is 7.88. The van der Waals surface area contributed by atoms with Crippen molar-refractivity contribution in [3.8, 4) is 6.07 Å². The Kier molecular flexibility index (Phi) is 9.35. The van der Waals surface area contributed by atoms with E-state index < -0.39 is 16.4 Å². The molecule has 0 bridgehead atoms. The number of halogens is 1. The van der Waals surface area contributed by atoms with Crippen LogP contribution in [0.15, 0.2) is 66.6 Å². The molecular weight excluding hydrogens is 562 g/mol. The Morgan fingerprint density at radius 1 is 1.30 bits per heavy atom. The van der Waals surface area contributed by atoms with Gasteiger partial charge in [-0.05, 0) is 48.0 Å². The maximum Gasteiger partial charge on any atom is 0.283 e. The molecule has 1 heterocycles. The number of nitro benzene ring substituents is 1. The third-order valence-corrected chi connectivity index (χ3v) is 7.41. The number of methoxy groups -OCH3 is 1. The Morgan fingerprint density at radius 3 is 2.62 bits per heavy atom. The van der Waals surface area contributed by atoms with Crippen LogP contribution in [0.3, 0.4) is 0 Å². The van der Waals surface area contributed by atoms with Crippen LogP contribution in [0.4, 0.5) is 5.69 Å². The van der Waals surface area contributed by atoms with E-state index in [1.165, 1.54) is 31.2 Å². The smallest absolute Gasteiger partial charge is 0.283 e. The number of nitrogens with zero attached hydrogens (tertiary/aromatic N) is 4. The molecule has 3 aromatic rings. The van der Waals surface area contributed by atoms with Crippen molar-refractivity contribution in [2.75, 3.05) is 7.11 Å². The van der Waals surface area contributed by atoms with Gasteiger partial charge in [0.05, 0.1) is 22.6 Å². The molecule has 12 heteroatoms. The van der Waals surface area contributed by atoms with Gasteiger partial charge in [0.2, 0.25) is 0 Å². The molecule has 1 N–H and O–H groups in total. The monoisotopic (exact) mass is 583 g/mol. The summed E-state index contributed by atoms with van der Waals surface area (Å²) in [6, 6.07) is 14.2. The first-order valence-electron chi connectivity index (χ1n) is 10.8. The van der Waals surface area contributed by atoms with Crippen LogP contribution in [0.5, 0.6) is 0 Å². The molecule has 190 valence electrons. The summed E-state index contributed by atoms with van der Waals surface area (Å²) >= 11 is 4.65. The second-order valence-corrected chi connectivity index (χ2v) is 9.79. The standard InChI is InChI=1S/C25H22BrN5O5S/c1-15-4-7-18(8-5-15)37-22-9-6-17(10-21(22)31(34)35)12-28-29-23(32)13-30-16(2)24(26)20(14-36-3)19(11-27)25(30)33/h4-10,12H,13-14H2,1-3H3,(H,29,32)/b28-12-. The molecule has 1 amide bonds. The van der Waals surface area contributed by atoms with Crippen LogP contribution in [0, 0.1) is 35.3 Å². The van der Waals surface area contributed by atoms with Gasteiger partial charge in [0.15, 0.2) is 0 Å². The van der Waals surface area contributed by atoms with Crippen molar-refractivity contribution in [3.63, 3.8) is 0 Å². The average Bonchev–Trinajstić information content (AvgIpc) is 2.87. The van der Waals surface area contributed by atoms with E-state index in [2.05, 4.69) is 26.5 Å². The molecule has 0 aliphatic rings. The van der Waals surface area contributed by atoms with Gasteiger partial charge in [-0.3, -0.25) is 19.7 Å². The van der Waals surface area contributed by atoms with Crippen molar-refractivity contribution in [1.82, 2.24) is 9.99 Å². The summed E-state index contributed by atoms with van der Waals surface area (Å²) in [5, 5.41) is 24.9. The fraction of sp³-hybridized carbons (Fsp3) is 0.200. The zero-order valence-electron chi connectivity index (χ0n) is 20.1. The highest BCUT2D eigenvalue weighted by atomic mass is 79.9. The molecule has 3 rings (SSSR count). The molecular formula is C25H22BrN5O5S. The quantitative estimate of drug-likeness (QED) is 0.223. The first-order valence-corrected chi connectivity index (χ1v) is 12.4. The molecule has 0 atom stereocenters. The number of nitriles is 1. The predicted octanol–water partition coefficient (Wildman–Crippen LogP) is 4.46. The molecule has 0 saturated carbocycles. The number of benzene rings is 2. The van der Waals surface area contributed by atoms with Gasteiger partial charge >= 0.3 is 0 Å². The van der Waals surface area contributed by atoms with E-state index in [0.29, 0.717) is 26.2 Å². The number of ether oxygens (including phenoxy) is 1. The highest BCUT2D eigenvalue weighted by molar-refractivity contribution is 9.10. The van der Waals surface area contributed by atoms with E-state index in [9.17, 15) is 25.0 Å². The second kappa shape index (κ2) is 12.4. The van der Waals surface area contributed by atoms with E-state index >= 15 is 0 Å². The average molecular weight is 584 g/mol. The molecule has 0 saturated heterocycles. The van der Waals surface area contributed by atoms with Gasteiger partial charge in [-0.1, -0.05) is 35.5 Å². The SMILES string of the molecule is COCc1c(Br)c(C)n(CC(=O)N/N=C\c2ccc(Sc3ccc(C)cc3)c([N+](=O)[O-])c2)c(=O)c1C#N. The van der Waals surface area contributed by atoms with Crippen LogP contribution in [0.1, 0.15) is 27.9 Å². The van der Waals surface area contributed by atoms with Crippen molar-refractivity contribution in [3.05, 3.63) is 95.4 Å². The minimum atomic E-state index is -0.619. The number of nitro groups is 1. The van der Waals surface area contributed by atoms with E-state index in [4.69, 9.17) is 4.74 Å². The Morgan fingerprint density at radius 2 is 2.00 bits per heavy atom. The number of aromatic nitrogens is 1. The van der Waals surface area contributed by atoms with Crippen LogP contribution in [-0.2, 0) is 22.7 Å². The van der Waals surface area contributed by atoms with E-state index in [0.717, 1.165) is 15.0 Å². The predicted molar refractivity (Wildman–Crippen MR) is 143 cm³/mol. The number of hydrogen-bond donors (Lipinski definition) is 1. The molecule has 0 radical (unpaired) electrons. The molecule has 2 aromatic carbocycles. The largest absolute Gasteiger partial charge is 0.380 e. The third kappa shape index (κ3) is 6.71. The number of rotatable bonds is 9. The van der Waals surface area contributed by atoms with Crippen LogP contribution in [0.2, 0.25) is 0 Å². The lowest BCUT2D eigenvalue weighted by atomic mass is 10.1. The summed E-state index contributed by atoms with van der Waals surface area (Å²) in [5.74, 6) is -0.613. The molecule has 37 heavy (non-hydrogen) atoms. The lowest BCUT2D eigenvalue weighted by molar-refractivity contribution is -0.387. The topological polar surface area (TPSA) is 140 Å². The van der Waals surface area contributed by atoms with Crippen molar-refractivity contribution in [2.45, 2.75) is 36.8 Å². The van der Waals surface area contributed by atoms with Crippen molar-refractivity contribution < 1.29 is 14.5 Å². The number of hydrazone groups is 1.